The molecule has 1 saturated heterocycles. The van der Waals surface area contributed by atoms with Crippen LogP contribution in [0.15, 0.2) is 23.2 Å². The molecule has 1 N–H and O–H groups in total. The lowest BCUT2D eigenvalue weighted by Crippen LogP contribution is -2.29. The SMILES string of the molecule is O=S(=O)(c1ccc(C(F)(F)F)nc1)N1CC[C@@H](CO)C1. The zero-order valence-electron chi connectivity index (χ0n) is 10.3. The number of hydrogen-bond acceptors (Lipinski definition) is 4. The molecule has 5 nitrogen and oxygen atoms in total. The van der Waals surface area contributed by atoms with Crippen molar-refractivity contribution in [3.63, 3.8) is 0 Å². The van der Waals surface area contributed by atoms with E-state index >= 15 is 0 Å². The molecule has 1 fully saturated rings. The maximum Gasteiger partial charge on any atom is 0.433 e. The van der Waals surface area contributed by atoms with Gasteiger partial charge in [0.05, 0.1) is 0 Å². The molecule has 0 aromatic carbocycles. The van der Waals surface area contributed by atoms with Gasteiger partial charge in [0.25, 0.3) is 0 Å². The summed E-state index contributed by atoms with van der Waals surface area (Å²) in [4.78, 5) is 2.87. The predicted octanol–water partition coefficient (Wildman–Crippen LogP) is 1.10. The van der Waals surface area contributed by atoms with Crippen LogP contribution >= 0.6 is 0 Å². The Kier molecular flexibility index (Phi) is 4.03. The molecule has 112 valence electrons. The third kappa shape index (κ3) is 2.94. The van der Waals surface area contributed by atoms with Crippen molar-refractivity contribution < 1.29 is 26.7 Å². The Morgan fingerprint density at radius 2 is 2.10 bits per heavy atom. The van der Waals surface area contributed by atoms with Crippen LogP contribution < -0.4 is 0 Å². The van der Waals surface area contributed by atoms with Gasteiger partial charge in [0.2, 0.25) is 10.0 Å². The summed E-state index contributed by atoms with van der Waals surface area (Å²) in [6.07, 6.45) is -3.36. The number of halogens is 3. The Hall–Kier alpha value is -1.19. The van der Waals surface area contributed by atoms with Gasteiger partial charge in [-0.05, 0) is 24.5 Å². The molecule has 1 aliphatic rings. The van der Waals surface area contributed by atoms with Gasteiger partial charge >= 0.3 is 6.18 Å². The fraction of sp³-hybridized carbons (Fsp3) is 0.545. The summed E-state index contributed by atoms with van der Waals surface area (Å²) >= 11 is 0. The van der Waals surface area contributed by atoms with Gasteiger partial charge in [-0.3, -0.25) is 4.98 Å². The molecule has 2 rings (SSSR count). The van der Waals surface area contributed by atoms with E-state index in [0.717, 1.165) is 10.4 Å². The molecule has 1 aromatic rings. The Morgan fingerprint density at radius 3 is 2.55 bits per heavy atom. The molecule has 1 aromatic heterocycles. The number of aromatic nitrogens is 1. The zero-order valence-corrected chi connectivity index (χ0v) is 11.2. The summed E-state index contributed by atoms with van der Waals surface area (Å²) in [5.74, 6) is -0.132. The van der Waals surface area contributed by atoms with Crippen molar-refractivity contribution in [3.05, 3.63) is 24.0 Å². The molecular weight excluding hydrogens is 297 g/mol. The first-order valence-corrected chi connectivity index (χ1v) is 7.33. The van der Waals surface area contributed by atoms with Crippen LogP contribution in [-0.2, 0) is 16.2 Å². The average Bonchev–Trinajstić information content (AvgIpc) is 2.87. The van der Waals surface area contributed by atoms with Gasteiger partial charge in [-0.25, -0.2) is 8.42 Å². The summed E-state index contributed by atoms with van der Waals surface area (Å²) in [5, 5.41) is 8.99. The van der Waals surface area contributed by atoms with Gasteiger partial charge in [0.15, 0.2) is 0 Å². The van der Waals surface area contributed by atoms with Crippen LogP contribution in [0.5, 0.6) is 0 Å². The highest BCUT2D eigenvalue weighted by atomic mass is 32.2. The van der Waals surface area contributed by atoms with Crippen molar-refractivity contribution in [1.82, 2.24) is 9.29 Å². The first-order valence-electron chi connectivity index (χ1n) is 5.89. The van der Waals surface area contributed by atoms with Crippen molar-refractivity contribution >= 4 is 10.0 Å². The van der Waals surface area contributed by atoms with Crippen LogP contribution in [0, 0.1) is 5.92 Å². The van der Waals surface area contributed by atoms with Gasteiger partial charge in [0, 0.05) is 25.9 Å². The Labute approximate surface area is 114 Å². The lowest BCUT2D eigenvalue weighted by atomic mass is 10.1. The van der Waals surface area contributed by atoms with Crippen LogP contribution in [0.25, 0.3) is 0 Å². The van der Waals surface area contributed by atoms with Crippen molar-refractivity contribution in [2.75, 3.05) is 19.7 Å². The van der Waals surface area contributed by atoms with E-state index in [1.54, 1.807) is 0 Å². The minimum Gasteiger partial charge on any atom is -0.396 e. The fourth-order valence-corrected chi connectivity index (χ4v) is 3.49. The number of aliphatic hydroxyl groups excluding tert-OH is 1. The highest BCUT2D eigenvalue weighted by Gasteiger charge is 2.35. The Balaban J connectivity index is 2.23. The second-order valence-corrected chi connectivity index (χ2v) is 6.52. The van der Waals surface area contributed by atoms with Crippen molar-refractivity contribution in [2.45, 2.75) is 17.5 Å². The average molecular weight is 310 g/mol. The summed E-state index contributed by atoms with van der Waals surface area (Å²) in [6, 6.07) is 1.55. The normalized spacial score (nSPS) is 21.3. The van der Waals surface area contributed by atoms with E-state index < -0.39 is 21.9 Å². The molecule has 1 atom stereocenters. The molecule has 0 aliphatic carbocycles. The van der Waals surface area contributed by atoms with Crippen LogP contribution in [-0.4, -0.2) is 42.5 Å². The van der Waals surface area contributed by atoms with Crippen LogP contribution in [0.4, 0.5) is 13.2 Å². The van der Waals surface area contributed by atoms with Crippen molar-refractivity contribution in [1.29, 1.82) is 0 Å². The monoisotopic (exact) mass is 310 g/mol. The molecule has 0 unspecified atom stereocenters. The van der Waals surface area contributed by atoms with E-state index in [-0.39, 0.29) is 30.5 Å². The van der Waals surface area contributed by atoms with E-state index in [2.05, 4.69) is 4.98 Å². The van der Waals surface area contributed by atoms with Crippen molar-refractivity contribution in [2.24, 2.45) is 5.92 Å². The standard InChI is InChI=1S/C11H13F3N2O3S/c12-11(13,14)10-2-1-9(5-15-10)20(18,19)16-4-3-8(6-16)7-17/h1-2,5,8,17H,3-4,6-7H2/t8-/m1/s1. The second-order valence-electron chi connectivity index (χ2n) is 4.58. The highest BCUT2D eigenvalue weighted by Crippen LogP contribution is 2.29. The number of pyridine rings is 1. The highest BCUT2D eigenvalue weighted by molar-refractivity contribution is 7.89. The third-order valence-electron chi connectivity index (χ3n) is 3.17. The molecule has 0 bridgehead atoms. The van der Waals surface area contributed by atoms with Crippen molar-refractivity contribution in [3.8, 4) is 0 Å². The number of rotatable bonds is 3. The molecule has 2 heterocycles. The van der Waals surface area contributed by atoms with E-state index in [9.17, 15) is 21.6 Å². The lowest BCUT2D eigenvalue weighted by molar-refractivity contribution is -0.141. The lowest BCUT2D eigenvalue weighted by Gasteiger charge is -2.16. The quantitative estimate of drug-likeness (QED) is 0.908. The van der Waals surface area contributed by atoms with Crippen LogP contribution in [0.1, 0.15) is 12.1 Å². The first-order chi connectivity index (χ1) is 9.25. The first kappa shape index (κ1) is 15.2. The van der Waals surface area contributed by atoms with Gasteiger partial charge in [-0.1, -0.05) is 0 Å². The maximum absolute atomic E-state index is 12.4. The number of alkyl halides is 3. The zero-order chi connectivity index (χ0) is 15.0. The number of sulfonamides is 1. The van der Waals surface area contributed by atoms with E-state index in [0.29, 0.717) is 18.7 Å². The number of nitrogens with zero attached hydrogens (tertiary/aromatic N) is 2. The molecular formula is C11H13F3N2O3S. The molecule has 0 saturated carbocycles. The molecule has 0 amide bonds. The minimum absolute atomic E-state index is 0.114. The molecule has 0 spiro atoms. The topological polar surface area (TPSA) is 70.5 Å². The van der Waals surface area contributed by atoms with Crippen LogP contribution in [0.2, 0.25) is 0 Å². The largest absolute Gasteiger partial charge is 0.433 e. The van der Waals surface area contributed by atoms with E-state index in [1.165, 1.54) is 0 Å². The van der Waals surface area contributed by atoms with Crippen LogP contribution in [0.3, 0.4) is 0 Å². The molecule has 0 radical (unpaired) electrons. The maximum atomic E-state index is 12.4. The molecule has 9 heteroatoms. The van der Waals surface area contributed by atoms with Gasteiger partial charge in [-0.15, -0.1) is 0 Å². The van der Waals surface area contributed by atoms with E-state index in [4.69, 9.17) is 5.11 Å². The Morgan fingerprint density at radius 1 is 1.40 bits per heavy atom. The Bertz CT molecular complexity index is 572. The summed E-state index contributed by atoms with van der Waals surface area (Å²) in [7, 11) is -3.85. The van der Waals surface area contributed by atoms with Gasteiger partial charge < -0.3 is 5.11 Å². The number of aliphatic hydroxyl groups is 1. The smallest absolute Gasteiger partial charge is 0.396 e. The fourth-order valence-electron chi connectivity index (χ4n) is 2.01. The van der Waals surface area contributed by atoms with Gasteiger partial charge in [-0.2, -0.15) is 17.5 Å². The summed E-state index contributed by atoms with van der Waals surface area (Å²) in [6.45, 7) is 0.297. The third-order valence-corrected chi connectivity index (χ3v) is 5.02. The second kappa shape index (κ2) is 5.30. The van der Waals surface area contributed by atoms with Gasteiger partial charge in [0.1, 0.15) is 10.6 Å². The molecule has 20 heavy (non-hydrogen) atoms. The minimum atomic E-state index is -4.60. The molecule has 1 aliphatic heterocycles. The number of hydrogen-bond donors (Lipinski definition) is 1. The summed E-state index contributed by atoms with van der Waals surface area (Å²) < 4.78 is 62.6. The predicted molar refractivity (Wildman–Crippen MR) is 63.2 cm³/mol. The summed E-state index contributed by atoms with van der Waals surface area (Å²) in [5.41, 5.74) is -1.13. The van der Waals surface area contributed by atoms with E-state index in [1.807, 2.05) is 0 Å².